The lowest BCUT2D eigenvalue weighted by Gasteiger charge is -2.16. The Kier molecular flexibility index (Phi) is 12.7. The van der Waals surface area contributed by atoms with Gasteiger partial charge in [0.2, 0.25) is 0 Å². The number of benzene rings is 1. The maximum Gasteiger partial charge on any atom is 0.305 e. The number of aromatic hydroxyl groups is 2. The number of hydrogen-bond donors (Lipinski definition) is 3. The molecule has 1 fully saturated rings. The quantitative estimate of drug-likeness (QED) is 0.503. The molecular weight excluding hydrogens is 448 g/mol. The number of carbonyl (C=O) groups is 2. The molecule has 1 atom stereocenters. The molecule has 1 aliphatic carbocycles. The first-order valence-corrected chi connectivity index (χ1v) is 11.2. The molecule has 4 N–H and O–H groups in total. The van der Waals surface area contributed by atoms with Crippen LogP contribution in [0.4, 0.5) is 0 Å². The van der Waals surface area contributed by atoms with E-state index in [1.807, 2.05) is 13.8 Å². The van der Waals surface area contributed by atoms with Crippen LogP contribution in [-0.2, 0) is 9.53 Å². The standard InChI is InChI=1S/C11H20O2.C7H8N2O3.C6H5ClO/c1-3-11(12)13-9(2)8-10-6-4-5-7-10;1-12-4-2-3-9-5(6(4)10)7(8)11;7-5-2-1-3-6(8)4-5/h9-10H,3-8H2,1-2H3;2-3,10H,1H3,(H2,8,11);1-4,8H. The summed E-state index contributed by atoms with van der Waals surface area (Å²) in [4.78, 5) is 25.2. The molecule has 9 heteroatoms. The zero-order valence-electron chi connectivity index (χ0n) is 19.3. The van der Waals surface area contributed by atoms with Gasteiger partial charge in [0.15, 0.2) is 17.2 Å². The second-order valence-electron chi connectivity index (χ2n) is 7.59. The SMILES string of the molecule is CCC(=O)OC(C)CC1CCCC1.COc1ccnc(C(N)=O)c1O.Oc1cccc(Cl)c1. The summed E-state index contributed by atoms with van der Waals surface area (Å²) in [5.41, 5.74) is 4.74. The van der Waals surface area contributed by atoms with Crippen LogP contribution in [0.15, 0.2) is 36.5 Å². The summed E-state index contributed by atoms with van der Waals surface area (Å²) < 4.78 is 9.96. The minimum absolute atomic E-state index is 0.0644. The Hall–Kier alpha value is -3.00. The van der Waals surface area contributed by atoms with Gasteiger partial charge in [0.25, 0.3) is 5.91 Å². The molecule has 0 spiro atoms. The number of carbonyl (C=O) groups excluding carboxylic acids is 2. The highest BCUT2D eigenvalue weighted by atomic mass is 35.5. The maximum atomic E-state index is 11.0. The van der Waals surface area contributed by atoms with Gasteiger partial charge >= 0.3 is 5.97 Å². The second kappa shape index (κ2) is 14.9. The van der Waals surface area contributed by atoms with Gasteiger partial charge in [-0.3, -0.25) is 9.59 Å². The van der Waals surface area contributed by atoms with Crippen molar-refractivity contribution < 1.29 is 29.3 Å². The monoisotopic (exact) mass is 480 g/mol. The molecule has 3 rings (SSSR count). The molecule has 0 saturated heterocycles. The highest BCUT2D eigenvalue weighted by Crippen LogP contribution is 2.29. The van der Waals surface area contributed by atoms with E-state index < -0.39 is 5.91 Å². The molecule has 1 aromatic heterocycles. The number of aromatic nitrogens is 1. The molecule has 2 aromatic rings. The molecule has 0 aliphatic heterocycles. The Labute approximate surface area is 199 Å². The van der Waals surface area contributed by atoms with Gasteiger partial charge < -0.3 is 25.4 Å². The van der Waals surface area contributed by atoms with Gasteiger partial charge in [0, 0.05) is 23.7 Å². The van der Waals surface area contributed by atoms with Gasteiger partial charge in [-0.15, -0.1) is 0 Å². The molecule has 1 aliphatic rings. The van der Waals surface area contributed by atoms with E-state index in [4.69, 9.17) is 31.9 Å². The van der Waals surface area contributed by atoms with E-state index in [1.165, 1.54) is 51.1 Å². The summed E-state index contributed by atoms with van der Waals surface area (Å²) in [6.07, 6.45) is 8.38. The highest BCUT2D eigenvalue weighted by molar-refractivity contribution is 6.30. The Balaban J connectivity index is 0.000000254. The number of rotatable bonds is 6. The van der Waals surface area contributed by atoms with Crippen LogP contribution in [0.3, 0.4) is 0 Å². The van der Waals surface area contributed by atoms with E-state index in [0.29, 0.717) is 11.4 Å². The number of phenolic OH excluding ortho intramolecular Hbond substituents is 1. The lowest BCUT2D eigenvalue weighted by Crippen LogP contribution is -2.16. The fourth-order valence-corrected chi connectivity index (χ4v) is 3.51. The van der Waals surface area contributed by atoms with E-state index in [2.05, 4.69) is 4.98 Å². The minimum atomic E-state index is -0.786. The molecule has 1 unspecified atom stereocenters. The Bertz CT molecular complexity index is 870. The number of ether oxygens (including phenoxy) is 2. The number of nitrogens with two attached hydrogens (primary N) is 1. The van der Waals surface area contributed by atoms with Crippen molar-refractivity contribution in [1.82, 2.24) is 4.98 Å². The molecule has 1 aromatic carbocycles. The number of esters is 1. The first kappa shape index (κ1) is 28.0. The van der Waals surface area contributed by atoms with Gasteiger partial charge in [-0.2, -0.15) is 0 Å². The van der Waals surface area contributed by atoms with Gasteiger partial charge in [0.05, 0.1) is 13.2 Å². The summed E-state index contributed by atoms with van der Waals surface area (Å²) in [6.45, 7) is 3.84. The number of pyridine rings is 1. The number of primary amides is 1. The maximum absolute atomic E-state index is 11.0. The Morgan fingerprint density at radius 2 is 1.91 bits per heavy atom. The van der Waals surface area contributed by atoms with Crippen LogP contribution in [0.25, 0.3) is 0 Å². The normalized spacial score (nSPS) is 13.6. The molecule has 8 nitrogen and oxygen atoms in total. The molecular formula is C24H33ClN2O6. The van der Waals surface area contributed by atoms with Crippen molar-refractivity contribution in [2.24, 2.45) is 11.7 Å². The number of nitrogens with zero attached hydrogens (tertiary/aromatic N) is 1. The number of amides is 1. The molecule has 0 radical (unpaired) electrons. The van der Waals surface area contributed by atoms with Gasteiger partial charge in [-0.1, -0.05) is 50.3 Å². The summed E-state index contributed by atoms with van der Waals surface area (Å²) in [6, 6.07) is 7.90. The zero-order chi connectivity index (χ0) is 24.8. The van der Waals surface area contributed by atoms with Crippen LogP contribution < -0.4 is 10.5 Å². The first-order chi connectivity index (χ1) is 15.7. The third-order valence-electron chi connectivity index (χ3n) is 4.91. The lowest BCUT2D eigenvalue weighted by molar-refractivity contribution is -0.148. The molecule has 182 valence electrons. The van der Waals surface area contributed by atoms with E-state index in [0.717, 1.165) is 12.3 Å². The van der Waals surface area contributed by atoms with Crippen molar-refractivity contribution >= 4 is 23.5 Å². The van der Waals surface area contributed by atoms with Crippen molar-refractivity contribution in [3.05, 3.63) is 47.2 Å². The van der Waals surface area contributed by atoms with Crippen molar-refractivity contribution in [3.8, 4) is 17.2 Å². The predicted molar refractivity (Wildman–Crippen MR) is 127 cm³/mol. The Morgan fingerprint density at radius 1 is 1.24 bits per heavy atom. The van der Waals surface area contributed by atoms with E-state index in [9.17, 15) is 14.7 Å². The van der Waals surface area contributed by atoms with Crippen LogP contribution in [-0.4, -0.2) is 40.3 Å². The second-order valence-corrected chi connectivity index (χ2v) is 8.03. The Morgan fingerprint density at radius 3 is 2.39 bits per heavy atom. The van der Waals surface area contributed by atoms with Crippen molar-refractivity contribution in [3.63, 3.8) is 0 Å². The number of methoxy groups -OCH3 is 1. The van der Waals surface area contributed by atoms with E-state index in [1.54, 1.807) is 18.2 Å². The summed E-state index contributed by atoms with van der Waals surface area (Å²) in [5, 5.41) is 18.6. The molecule has 1 amide bonds. The van der Waals surface area contributed by atoms with Crippen molar-refractivity contribution in [2.45, 2.75) is 58.5 Å². The zero-order valence-corrected chi connectivity index (χ0v) is 20.0. The van der Waals surface area contributed by atoms with Gasteiger partial charge in [0.1, 0.15) is 5.75 Å². The van der Waals surface area contributed by atoms with Gasteiger partial charge in [-0.25, -0.2) is 4.98 Å². The fraction of sp³-hybridized carbons (Fsp3) is 0.458. The van der Waals surface area contributed by atoms with E-state index in [-0.39, 0.29) is 35.0 Å². The summed E-state index contributed by atoms with van der Waals surface area (Å²) >= 11 is 5.48. The van der Waals surface area contributed by atoms with Crippen molar-refractivity contribution in [2.75, 3.05) is 7.11 Å². The smallest absolute Gasteiger partial charge is 0.305 e. The highest BCUT2D eigenvalue weighted by Gasteiger charge is 2.19. The van der Waals surface area contributed by atoms with Crippen LogP contribution >= 0.6 is 11.6 Å². The van der Waals surface area contributed by atoms with Crippen LogP contribution in [0.1, 0.15) is 62.9 Å². The summed E-state index contributed by atoms with van der Waals surface area (Å²) in [7, 11) is 1.37. The molecule has 1 saturated carbocycles. The van der Waals surface area contributed by atoms with E-state index >= 15 is 0 Å². The summed E-state index contributed by atoms with van der Waals surface area (Å²) in [5.74, 6) is 0.0142. The average Bonchev–Trinajstić information content (AvgIpc) is 3.27. The van der Waals surface area contributed by atoms with Crippen LogP contribution in [0, 0.1) is 5.92 Å². The van der Waals surface area contributed by atoms with Crippen LogP contribution in [0.2, 0.25) is 5.02 Å². The number of hydrogen-bond acceptors (Lipinski definition) is 7. The minimum Gasteiger partial charge on any atom is -0.508 e. The largest absolute Gasteiger partial charge is 0.508 e. The molecule has 0 bridgehead atoms. The average molecular weight is 481 g/mol. The third kappa shape index (κ3) is 10.9. The lowest BCUT2D eigenvalue weighted by atomic mass is 10.0. The third-order valence-corrected chi connectivity index (χ3v) is 5.15. The number of phenols is 1. The van der Waals surface area contributed by atoms with Crippen molar-refractivity contribution in [1.29, 1.82) is 0 Å². The first-order valence-electron chi connectivity index (χ1n) is 10.8. The molecule has 1 heterocycles. The molecule has 33 heavy (non-hydrogen) atoms. The van der Waals surface area contributed by atoms with Gasteiger partial charge in [-0.05, 0) is 37.5 Å². The predicted octanol–water partition coefficient (Wildman–Crippen LogP) is 4.85. The topological polar surface area (TPSA) is 132 Å². The fourth-order valence-electron chi connectivity index (χ4n) is 3.33. The number of halogens is 1. The van der Waals surface area contributed by atoms with Crippen LogP contribution in [0.5, 0.6) is 17.2 Å².